The summed E-state index contributed by atoms with van der Waals surface area (Å²) in [7, 11) is 0. The van der Waals surface area contributed by atoms with Crippen LogP contribution in [0.1, 0.15) is 22.7 Å². The molecule has 15 heavy (non-hydrogen) atoms. The van der Waals surface area contributed by atoms with Gasteiger partial charge in [0.15, 0.2) is 0 Å². The molecule has 2 N–H and O–H groups in total. The number of thiophene rings is 1. The standard InChI is InChI=1S/C12H12FNS/c1-8-2-3-9(6-11(8)13)12(14)10-4-5-15-7-10/h2-7,12H,14H2,1H3/t12-/m1/s1. The summed E-state index contributed by atoms with van der Waals surface area (Å²) >= 11 is 1.60. The minimum absolute atomic E-state index is 0.196. The molecule has 1 aromatic heterocycles. The first-order valence-electron chi connectivity index (χ1n) is 4.72. The highest BCUT2D eigenvalue weighted by molar-refractivity contribution is 7.08. The summed E-state index contributed by atoms with van der Waals surface area (Å²) in [5.74, 6) is -0.196. The number of rotatable bonds is 2. The number of hydrogen-bond acceptors (Lipinski definition) is 2. The third-order valence-corrected chi connectivity index (χ3v) is 3.16. The Bertz CT molecular complexity index is 451. The molecular weight excluding hydrogens is 209 g/mol. The van der Waals surface area contributed by atoms with Gasteiger partial charge in [-0.2, -0.15) is 11.3 Å². The van der Waals surface area contributed by atoms with Crippen LogP contribution >= 0.6 is 11.3 Å². The van der Waals surface area contributed by atoms with Crippen LogP contribution in [0, 0.1) is 12.7 Å². The predicted octanol–water partition coefficient (Wildman–Crippen LogP) is 3.24. The molecule has 0 saturated heterocycles. The average Bonchev–Trinajstić information content (AvgIpc) is 2.74. The summed E-state index contributed by atoms with van der Waals surface area (Å²) in [6, 6.07) is 6.88. The molecule has 1 nitrogen and oxygen atoms in total. The van der Waals surface area contributed by atoms with Crippen LogP contribution in [-0.2, 0) is 0 Å². The molecule has 2 rings (SSSR count). The van der Waals surface area contributed by atoms with Crippen molar-refractivity contribution in [2.45, 2.75) is 13.0 Å². The lowest BCUT2D eigenvalue weighted by Crippen LogP contribution is -2.11. The Labute approximate surface area is 92.4 Å². The fraction of sp³-hybridized carbons (Fsp3) is 0.167. The Morgan fingerprint density at radius 2 is 2.07 bits per heavy atom. The van der Waals surface area contributed by atoms with Gasteiger partial charge in [0.2, 0.25) is 0 Å². The van der Waals surface area contributed by atoms with Crippen LogP contribution in [0.2, 0.25) is 0 Å². The molecule has 0 bridgehead atoms. The Balaban J connectivity index is 2.34. The third kappa shape index (κ3) is 2.08. The van der Waals surface area contributed by atoms with Crippen molar-refractivity contribution >= 4 is 11.3 Å². The maximum absolute atomic E-state index is 13.3. The Hall–Kier alpha value is -1.19. The highest BCUT2D eigenvalue weighted by Gasteiger charge is 2.10. The summed E-state index contributed by atoms with van der Waals surface area (Å²) in [5.41, 5.74) is 8.52. The first-order valence-corrected chi connectivity index (χ1v) is 5.66. The first kappa shape index (κ1) is 10.3. The smallest absolute Gasteiger partial charge is 0.126 e. The highest BCUT2D eigenvalue weighted by atomic mass is 32.1. The minimum Gasteiger partial charge on any atom is -0.320 e. The number of benzene rings is 1. The van der Waals surface area contributed by atoms with E-state index in [1.54, 1.807) is 24.3 Å². The molecular formula is C12H12FNS. The van der Waals surface area contributed by atoms with Gasteiger partial charge in [-0.15, -0.1) is 0 Å². The van der Waals surface area contributed by atoms with E-state index in [0.29, 0.717) is 5.56 Å². The van der Waals surface area contributed by atoms with Crippen molar-refractivity contribution in [3.63, 3.8) is 0 Å². The molecule has 0 aliphatic heterocycles. The highest BCUT2D eigenvalue weighted by Crippen LogP contribution is 2.23. The normalized spacial score (nSPS) is 12.7. The van der Waals surface area contributed by atoms with Crippen LogP contribution in [0.4, 0.5) is 4.39 Å². The van der Waals surface area contributed by atoms with E-state index in [9.17, 15) is 4.39 Å². The molecule has 2 aromatic rings. The molecule has 1 atom stereocenters. The van der Waals surface area contributed by atoms with Gasteiger partial charge in [0.05, 0.1) is 6.04 Å². The van der Waals surface area contributed by atoms with Crippen LogP contribution in [0.5, 0.6) is 0 Å². The molecule has 0 unspecified atom stereocenters. The van der Waals surface area contributed by atoms with Gasteiger partial charge in [0.1, 0.15) is 5.82 Å². The molecule has 1 heterocycles. The van der Waals surface area contributed by atoms with Crippen molar-refractivity contribution in [2.75, 3.05) is 0 Å². The lowest BCUT2D eigenvalue weighted by Gasteiger charge is -2.11. The molecule has 0 fully saturated rings. The fourth-order valence-corrected chi connectivity index (χ4v) is 2.14. The van der Waals surface area contributed by atoms with E-state index >= 15 is 0 Å². The topological polar surface area (TPSA) is 26.0 Å². The van der Waals surface area contributed by atoms with Gasteiger partial charge in [-0.25, -0.2) is 4.39 Å². The van der Waals surface area contributed by atoms with E-state index in [2.05, 4.69) is 0 Å². The molecule has 0 spiro atoms. The van der Waals surface area contributed by atoms with Gasteiger partial charge < -0.3 is 5.73 Å². The Morgan fingerprint density at radius 1 is 1.27 bits per heavy atom. The zero-order chi connectivity index (χ0) is 10.8. The number of nitrogens with two attached hydrogens (primary N) is 1. The van der Waals surface area contributed by atoms with Crippen LogP contribution in [0.3, 0.4) is 0 Å². The summed E-state index contributed by atoms with van der Waals surface area (Å²) in [4.78, 5) is 0. The minimum atomic E-state index is -0.230. The van der Waals surface area contributed by atoms with E-state index < -0.39 is 0 Å². The Kier molecular flexibility index (Phi) is 2.84. The van der Waals surface area contributed by atoms with Gasteiger partial charge >= 0.3 is 0 Å². The van der Waals surface area contributed by atoms with E-state index in [0.717, 1.165) is 11.1 Å². The average molecular weight is 221 g/mol. The number of hydrogen-bond donors (Lipinski definition) is 1. The molecule has 0 aliphatic rings. The van der Waals surface area contributed by atoms with Gasteiger partial charge in [0.25, 0.3) is 0 Å². The summed E-state index contributed by atoms with van der Waals surface area (Å²) in [6.45, 7) is 1.75. The van der Waals surface area contributed by atoms with Crippen molar-refractivity contribution in [3.8, 4) is 0 Å². The van der Waals surface area contributed by atoms with Gasteiger partial charge in [-0.1, -0.05) is 12.1 Å². The Morgan fingerprint density at radius 3 is 2.67 bits per heavy atom. The first-order chi connectivity index (χ1) is 7.18. The van der Waals surface area contributed by atoms with Crippen molar-refractivity contribution in [3.05, 3.63) is 57.5 Å². The molecule has 0 radical (unpaired) electrons. The van der Waals surface area contributed by atoms with E-state index in [1.165, 1.54) is 6.07 Å². The fourth-order valence-electron chi connectivity index (χ4n) is 1.45. The van der Waals surface area contributed by atoms with Crippen LogP contribution < -0.4 is 5.73 Å². The SMILES string of the molecule is Cc1ccc([C@@H](N)c2ccsc2)cc1F. The lowest BCUT2D eigenvalue weighted by atomic mass is 10.0. The summed E-state index contributed by atoms with van der Waals surface area (Å²) in [5, 5.41) is 3.96. The second-order valence-corrected chi connectivity index (χ2v) is 4.32. The monoisotopic (exact) mass is 221 g/mol. The van der Waals surface area contributed by atoms with E-state index in [1.807, 2.05) is 22.9 Å². The quantitative estimate of drug-likeness (QED) is 0.827. The van der Waals surface area contributed by atoms with Crippen molar-refractivity contribution in [2.24, 2.45) is 5.73 Å². The second kappa shape index (κ2) is 4.13. The van der Waals surface area contributed by atoms with Gasteiger partial charge in [-0.3, -0.25) is 0 Å². The predicted molar refractivity (Wildman–Crippen MR) is 61.5 cm³/mol. The molecule has 0 amide bonds. The van der Waals surface area contributed by atoms with Crippen molar-refractivity contribution in [1.29, 1.82) is 0 Å². The zero-order valence-electron chi connectivity index (χ0n) is 8.41. The van der Waals surface area contributed by atoms with Crippen molar-refractivity contribution < 1.29 is 4.39 Å². The summed E-state index contributed by atoms with van der Waals surface area (Å²) in [6.07, 6.45) is 0. The number of halogens is 1. The third-order valence-electron chi connectivity index (χ3n) is 2.46. The molecule has 1 aromatic carbocycles. The second-order valence-electron chi connectivity index (χ2n) is 3.54. The van der Waals surface area contributed by atoms with Crippen LogP contribution in [-0.4, -0.2) is 0 Å². The molecule has 3 heteroatoms. The van der Waals surface area contributed by atoms with E-state index in [-0.39, 0.29) is 11.9 Å². The van der Waals surface area contributed by atoms with Crippen molar-refractivity contribution in [1.82, 2.24) is 0 Å². The summed E-state index contributed by atoms with van der Waals surface area (Å²) < 4.78 is 13.3. The van der Waals surface area contributed by atoms with E-state index in [4.69, 9.17) is 5.73 Å². The number of aryl methyl sites for hydroxylation is 1. The van der Waals surface area contributed by atoms with Gasteiger partial charge in [-0.05, 0) is 46.5 Å². The molecule has 0 aliphatic carbocycles. The van der Waals surface area contributed by atoms with Crippen LogP contribution in [0.25, 0.3) is 0 Å². The molecule has 0 saturated carbocycles. The maximum atomic E-state index is 13.3. The maximum Gasteiger partial charge on any atom is 0.126 e. The largest absolute Gasteiger partial charge is 0.320 e. The van der Waals surface area contributed by atoms with Crippen LogP contribution in [0.15, 0.2) is 35.0 Å². The van der Waals surface area contributed by atoms with Gasteiger partial charge in [0, 0.05) is 0 Å². The zero-order valence-corrected chi connectivity index (χ0v) is 9.22. The lowest BCUT2D eigenvalue weighted by molar-refractivity contribution is 0.614. The molecule has 78 valence electrons.